The van der Waals surface area contributed by atoms with Crippen molar-refractivity contribution >= 4 is 66.9 Å². The van der Waals surface area contributed by atoms with Crippen LogP contribution in [-0.2, 0) is 23.6 Å². The van der Waals surface area contributed by atoms with Gasteiger partial charge in [0.1, 0.15) is 23.0 Å². The summed E-state index contributed by atoms with van der Waals surface area (Å²) in [6.07, 6.45) is 0.587. The third-order valence-corrected chi connectivity index (χ3v) is 9.42. The van der Waals surface area contributed by atoms with Crippen molar-refractivity contribution in [1.29, 1.82) is 0 Å². The Labute approximate surface area is 261 Å². The summed E-state index contributed by atoms with van der Waals surface area (Å²) < 4.78 is 33.4. The molecule has 0 bridgehead atoms. The number of carbonyl (C=O) groups excluding carboxylic acids is 1. The number of carbonyl (C=O) groups is 1. The Morgan fingerprint density at radius 2 is 1.86 bits per heavy atom. The average molecular weight is 672 g/mol. The minimum Gasteiger partial charge on any atom is -0.497 e. The molecule has 1 aromatic heterocycles. The third-order valence-electron chi connectivity index (χ3n) is 7.00. The van der Waals surface area contributed by atoms with Crippen molar-refractivity contribution in [2.45, 2.75) is 30.2 Å². The molecular formula is C32H29BrClFN2O4S. The van der Waals surface area contributed by atoms with Crippen molar-refractivity contribution in [3.8, 4) is 11.5 Å². The molecule has 0 atom stereocenters. The zero-order valence-electron chi connectivity index (χ0n) is 23.1. The van der Waals surface area contributed by atoms with Crippen LogP contribution < -0.4 is 15.2 Å². The van der Waals surface area contributed by atoms with Gasteiger partial charge in [-0.3, -0.25) is 0 Å². The molecule has 0 saturated carbocycles. The fraction of sp³-hybridized carbons (Fsp3) is 0.219. The Kier molecular flexibility index (Phi) is 9.63. The first-order chi connectivity index (χ1) is 20.3. The predicted molar refractivity (Wildman–Crippen MR) is 170 cm³/mol. The summed E-state index contributed by atoms with van der Waals surface area (Å²) in [7, 11) is 2.99. The Hall–Kier alpha value is -3.24. The summed E-state index contributed by atoms with van der Waals surface area (Å²) >= 11 is 11.6. The van der Waals surface area contributed by atoms with E-state index in [-0.39, 0.29) is 12.4 Å². The van der Waals surface area contributed by atoms with Gasteiger partial charge in [0.2, 0.25) is 0 Å². The smallest absolute Gasteiger partial charge is 0.355 e. The number of aromatic nitrogens is 1. The second-order valence-corrected chi connectivity index (χ2v) is 11.8. The van der Waals surface area contributed by atoms with Crippen molar-refractivity contribution in [3.63, 3.8) is 0 Å². The van der Waals surface area contributed by atoms with Gasteiger partial charge in [0.15, 0.2) is 0 Å². The lowest BCUT2D eigenvalue weighted by atomic mass is 10.1. The molecule has 10 heteroatoms. The largest absolute Gasteiger partial charge is 0.497 e. The summed E-state index contributed by atoms with van der Waals surface area (Å²) in [6, 6.07) is 20.2. The second-order valence-electron chi connectivity index (χ2n) is 9.56. The van der Waals surface area contributed by atoms with Crippen LogP contribution in [0.5, 0.6) is 11.5 Å². The molecule has 0 aliphatic heterocycles. The quantitative estimate of drug-likeness (QED) is 0.0864. The molecule has 5 aromatic rings. The van der Waals surface area contributed by atoms with Crippen molar-refractivity contribution in [2.75, 3.05) is 20.8 Å². The van der Waals surface area contributed by atoms with E-state index in [0.717, 1.165) is 43.6 Å². The maximum atomic E-state index is 14.1. The molecule has 6 nitrogen and oxygen atoms in total. The molecule has 2 N–H and O–H groups in total. The normalized spacial score (nSPS) is 11.3. The van der Waals surface area contributed by atoms with E-state index in [9.17, 15) is 9.18 Å². The van der Waals surface area contributed by atoms with E-state index in [1.165, 1.54) is 19.2 Å². The number of nitrogens with zero attached hydrogens (tertiary/aromatic N) is 1. The van der Waals surface area contributed by atoms with E-state index in [1.807, 2.05) is 47.0 Å². The number of rotatable bonds is 11. The summed E-state index contributed by atoms with van der Waals surface area (Å²) in [5.41, 5.74) is 9.12. The number of thioether (sulfide) groups is 1. The highest BCUT2D eigenvalue weighted by atomic mass is 79.9. The van der Waals surface area contributed by atoms with E-state index in [2.05, 4.69) is 15.9 Å². The van der Waals surface area contributed by atoms with Crippen LogP contribution in [0, 0.1) is 5.82 Å². The van der Waals surface area contributed by atoms with Crippen LogP contribution in [-0.4, -0.2) is 31.4 Å². The van der Waals surface area contributed by atoms with Gasteiger partial charge in [-0.1, -0.05) is 23.7 Å². The maximum Gasteiger partial charge on any atom is 0.355 e. The maximum absolute atomic E-state index is 14.1. The molecule has 218 valence electrons. The zero-order chi connectivity index (χ0) is 29.8. The SMILES string of the molecule is COC(=O)c1c(CN)c2c(Br)c(Cl)ccc2n1CCCOc1cc(SCc2ccc(OC)cc2)cc2cc(F)ccc12. The fourth-order valence-corrected chi connectivity index (χ4v) is 6.65. The number of benzene rings is 4. The monoisotopic (exact) mass is 670 g/mol. The van der Waals surface area contributed by atoms with Crippen LogP contribution in [0.3, 0.4) is 0 Å². The van der Waals surface area contributed by atoms with Crippen LogP contribution in [0.25, 0.3) is 21.7 Å². The third kappa shape index (κ3) is 6.24. The number of esters is 1. The van der Waals surface area contributed by atoms with Crippen LogP contribution in [0.1, 0.15) is 28.0 Å². The minimum atomic E-state index is -0.467. The van der Waals surface area contributed by atoms with Crippen LogP contribution in [0.4, 0.5) is 4.39 Å². The van der Waals surface area contributed by atoms with Gasteiger partial charge in [0.25, 0.3) is 0 Å². The van der Waals surface area contributed by atoms with E-state index in [4.69, 9.17) is 31.5 Å². The first-order valence-electron chi connectivity index (χ1n) is 13.2. The van der Waals surface area contributed by atoms with Gasteiger partial charge >= 0.3 is 5.97 Å². The molecule has 42 heavy (non-hydrogen) atoms. The lowest BCUT2D eigenvalue weighted by Crippen LogP contribution is -2.15. The van der Waals surface area contributed by atoms with Crippen molar-refractivity contribution in [3.05, 3.63) is 98.9 Å². The van der Waals surface area contributed by atoms with E-state index in [1.54, 1.807) is 31.0 Å². The van der Waals surface area contributed by atoms with E-state index >= 15 is 0 Å². The Morgan fingerprint density at radius 3 is 2.57 bits per heavy atom. The standard InChI is InChI=1S/C32H29BrClFN2O4S/c1-39-22-7-4-19(5-8-22)18-42-23-15-20-14-21(35)6-9-24(20)28(16-23)41-13-3-12-37-27-11-10-26(34)30(33)29(27)25(17-36)31(37)32(38)40-2/h4-11,14-16H,3,12-13,17-18,36H2,1-2H3. The first-order valence-corrected chi connectivity index (χ1v) is 15.4. The van der Waals surface area contributed by atoms with Gasteiger partial charge in [-0.2, -0.15) is 0 Å². The van der Waals surface area contributed by atoms with Gasteiger partial charge in [0.05, 0.1) is 31.4 Å². The fourth-order valence-electron chi connectivity index (χ4n) is 4.99. The second kappa shape index (κ2) is 13.4. The van der Waals surface area contributed by atoms with Crippen molar-refractivity contribution in [1.82, 2.24) is 4.57 Å². The summed E-state index contributed by atoms with van der Waals surface area (Å²) in [4.78, 5) is 13.8. The molecule has 4 aromatic carbocycles. The number of aryl methyl sites for hydroxylation is 1. The molecule has 0 aliphatic rings. The van der Waals surface area contributed by atoms with Gasteiger partial charge in [0, 0.05) is 44.5 Å². The lowest BCUT2D eigenvalue weighted by molar-refractivity contribution is 0.0587. The molecule has 0 amide bonds. The summed E-state index contributed by atoms with van der Waals surface area (Å²) in [5.74, 6) is 1.45. The number of hydrogen-bond acceptors (Lipinski definition) is 6. The van der Waals surface area contributed by atoms with E-state index < -0.39 is 5.97 Å². The summed E-state index contributed by atoms with van der Waals surface area (Å²) in [6.45, 7) is 0.993. The topological polar surface area (TPSA) is 75.7 Å². The number of fused-ring (bicyclic) bond motifs is 2. The van der Waals surface area contributed by atoms with Crippen LogP contribution in [0.2, 0.25) is 5.02 Å². The average Bonchev–Trinajstić information content (AvgIpc) is 3.33. The highest BCUT2D eigenvalue weighted by Gasteiger charge is 2.25. The number of ether oxygens (including phenoxy) is 3. The molecule has 0 unspecified atom stereocenters. The Balaban J connectivity index is 1.37. The Morgan fingerprint density at radius 1 is 1.07 bits per heavy atom. The predicted octanol–water partition coefficient (Wildman–Crippen LogP) is 8.36. The lowest BCUT2D eigenvalue weighted by Gasteiger charge is -2.14. The molecule has 5 rings (SSSR count). The molecule has 0 saturated heterocycles. The molecular weight excluding hydrogens is 643 g/mol. The molecule has 0 fully saturated rings. The van der Waals surface area contributed by atoms with E-state index in [0.29, 0.717) is 46.1 Å². The minimum absolute atomic E-state index is 0.146. The van der Waals surface area contributed by atoms with Crippen molar-refractivity contribution in [2.24, 2.45) is 5.73 Å². The molecule has 0 spiro atoms. The number of methoxy groups -OCH3 is 2. The van der Waals surface area contributed by atoms with Crippen LogP contribution >= 0.6 is 39.3 Å². The highest BCUT2D eigenvalue weighted by molar-refractivity contribution is 9.10. The van der Waals surface area contributed by atoms with Gasteiger partial charge < -0.3 is 24.5 Å². The molecule has 0 radical (unpaired) electrons. The van der Waals surface area contributed by atoms with Gasteiger partial charge in [-0.25, -0.2) is 9.18 Å². The van der Waals surface area contributed by atoms with Crippen LogP contribution in [0.15, 0.2) is 76.1 Å². The Bertz CT molecular complexity index is 1760. The number of halogens is 3. The number of nitrogens with two attached hydrogens (primary N) is 1. The van der Waals surface area contributed by atoms with Crippen molar-refractivity contribution < 1.29 is 23.4 Å². The molecule has 1 heterocycles. The molecule has 0 aliphatic carbocycles. The van der Waals surface area contributed by atoms with Gasteiger partial charge in [-0.05, 0) is 87.9 Å². The first kappa shape index (κ1) is 30.2. The summed E-state index contributed by atoms with van der Waals surface area (Å²) in [5, 5.41) is 2.92. The highest BCUT2D eigenvalue weighted by Crippen LogP contribution is 2.38. The van der Waals surface area contributed by atoms with Gasteiger partial charge in [-0.15, -0.1) is 11.8 Å². The zero-order valence-corrected chi connectivity index (χ0v) is 26.2. The number of hydrogen-bond donors (Lipinski definition) is 1.